The zero-order valence-electron chi connectivity index (χ0n) is 8.20. The van der Waals surface area contributed by atoms with Crippen molar-refractivity contribution in [2.24, 2.45) is 0 Å². The van der Waals surface area contributed by atoms with Crippen molar-refractivity contribution < 1.29 is 0 Å². The Bertz CT molecular complexity index is 121. The third-order valence-corrected chi connectivity index (χ3v) is 2.37. The van der Waals surface area contributed by atoms with Gasteiger partial charge in [-0.2, -0.15) is 0 Å². The molecule has 1 unspecified atom stereocenters. The van der Waals surface area contributed by atoms with Crippen LogP contribution in [0.1, 0.15) is 39.5 Å². The molecule has 0 saturated carbocycles. The van der Waals surface area contributed by atoms with Crippen LogP contribution in [-0.2, 0) is 0 Å². The summed E-state index contributed by atoms with van der Waals surface area (Å²) in [6.45, 7) is 9.49. The molecular weight excluding hydrogens is 261 g/mol. The lowest BCUT2D eigenvalue weighted by atomic mass is 10.2. The van der Waals surface area contributed by atoms with Gasteiger partial charge in [-0.1, -0.05) is 49.4 Å². The second-order valence-electron chi connectivity index (χ2n) is 3.20. The second kappa shape index (κ2) is 7.90. The first-order chi connectivity index (χ1) is 5.66. The molecule has 1 N–H and O–H groups in total. The van der Waals surface area contributed by atoms with Crippen molar-refractivity contribution in [3.8, 4) is 0 Å². The Morgan fingerprint density at radius 3 is 2.75 bits per heavy atom. The lowest BCUT2D eigenvalue weighted by Gasteiger charge is -2.09. The highest BCUT2D eigenvalue weighted by Crippen LogP contribution is 2.04. The minimum Gasteiger partial charge on any atom is -0.389 e. The first-order valence-electron chi connectivity index (χ1n) is 4.72. The minimum atomic E-state index is 0.758. The Kier molecular flexibility index (Phi) is 8.07. The van der Waals surface area contributed by atoms with Gasteiger partial charge in [0, 0.05) is 16.2 Å². The summed E-state index contributed by atoms with van der Waals surface area (Å²) in [6, 6.07) is 0. The van der Waals surface area contributed by atoms with Gasteiger partial charge in [0.2, 0.25) is 0 Å². The van der Waals surface area contributed by atoms with E-state index in [9.17, 15) is 0 Å². The van der Waals surface area contributed by atoms with Crippen LogP contribution in [0.25, 0.3) is 0 Å². The van der Waals surface area contributed by atoms with Gasteiger partial charge in [0.25, 0.3) is 0 Å². The summed E-state index contributed by atoms with van der Waals surface area (Å²) < 4.78 is 0.758. The maximum Gasteiger partial charge on any atom is 0.0153 e. The van der Waals surface area contributed by atoms with Gasteiger partial charge >= 0.3 is 0 Å². The van der Waals surface area contributed by atoms with Crippen molar-refractivity contribution in [3.63, 3.8) is 0 Å². The molecule has 0 aromatic heterocycles. The van der Waals surface area contributed by atoms with E-state index in [1.165, 1.54) is 25.0 Å². The number of unbranched alkanes of at least 4 members (excludes halogenated alkanes) is 1. The molecule has 0 radical (unpaired) electrons. The van der Waals surface area contributed by atoms with Gasteiger partial charge in [-0.05, 0) is 19.3 Å². The highest BCUT2D eigenvalue weighted by Gasteiger charge is 1.96. The smallest absolute Gasteiger partial charge is 0.0153 e. The number of alkyl halides is 1. The van der Waals surface area contributed by atoms with E-state index in [0.29, 0.717) is 0 Å². The number of hydrogen-bond acceptors (Lipinski definition) is 1. The summed E-state index contributed by atoms with van der Waals surface area (Å²) in [6.07, 6.45) is 4.87. The van der Waals surface area contributed by atoms with Gasteiger partial charge in [-0.25, -0.2) is 0 Å². The van der Waals surface area contributed by atoms with Crippen LogP contribution < -0.4 is 5.32 Å². The van der Waals surface area contributed by atoms with E-state index in [-0.39, 0.29) is 0 Å². The van der Waals surface area contributed by atoms with Crippen LogP contribution in [0.4, 0.5) is 0 Å². The quantitative estimate of drug-likeness (QED) is 0.556. The van der Waals surface area contributed by atoms with Crippen LogP contribution >= 0.6 is 22.6 Å². The zero-order chi connectivity index (χ0) is 9.40. The van der Waals surface area contributed by atoms with E-state index in [0.717, 1.165) is 16.9 Å². The van der Waals surface area contributed by atoms with Crippen LogP contribution in [-0.4, -0.2) is 10.5 Å². The van der Waals surface area contributed by atoms with E-state index in [4.69, 9.17) is 0 Å². The number of nitrogens with one attached hydrogen (secondary N) is 1. The average Bonchev–Trinajstić information content (AvgIpc) is 2.00. The minimum absolute atomic E-state index is 0.758. The highest BCUT2D eigenvalue weighted by molar-refractivity contribution is 14.1. The summed E-state index contributed by atoms with van der Waals surface area (Å²) >= 11 is 2.45. The van der Waals surface area contributed by atoms with Crippen molar-refractivity contribution in [2.45, 2.75) is 43.5 Å². The lowest BCUT2D eigenvalue weighted by Crippen LogP contribution is -2.16. The molecule has 0 bridgehead atoms. The average molecular weight is 281 g/mol. The fourth-order valence-corrected chi connectivity index (χ4v) is 1.24. The summed E-state index contributed by atoms with van der Waals surface area (Å²) in [5.74, 6) is 0. The van der Waals surface area contributed by atoms with E-state index >= 15 is 0 Å². The Morgan fingerprint density at radius 1 is 1.58 bits per heavy atom. The monoisotopic (exact) mass is 281 g/mol. The van der Waals surface area contributed by atoms with Crippen LogP contribution in [0.2, 0.25) is 0 Å². The predicted molar refractivity (Wildman–Crippen MR) is 64.8 cm³/mol. The van der Waals surface area contributed by atoms with Gasteiger partial charge in [0.1, 0.15) is 0 Å². The Morgan fingerprint density at radius 2 is 2.25 bits per heavy atom. The molecule has 72 valence electrons. The Labute approximate surface area is 90.1 Å². The fraction of sp³-hybridized carbons (Fsp3) is 0.800. The molecule has 0 aromatic rings. The SMILES string of the molecule is C=C(CCCC)NCCC(C)I. The van der Waals surface area contributed by atoms with Crippen molar-refractivity contribution in [2.75, 3.05) is 6.54 Å². The van der Waals surface area contributed by atoms with Gasteiger partial charge in [-0.15, -0.1) is 0 Å². The van der Waals surface area contributed by atoms with Crippen LogP contribution in [0.15, 0.2) is 12.3 Å². The summed E-state index contributed by atoms with van der Waals surface area (Å²) in [4.78, 5) is 0. The summed E-state index contributed by atoms with van der Waals surface area (Å²) in [7, 11) is 0. The molecule has 0 aromatic carbocycles. The van der Waals surface area contributed by atoms with E-state index in [1.54, 1.807) is 0 Å². The Balaban J connectivity index is 3.20. The molecule has 12 heavy (non-hydrogen) atoms. The number of allylic oxidation sites excluding steroid dienone is 1. The van der Waals surface area contributed by atoms with Gasteiger partial charge < -0.3 is 5.32 Å². The molecule has 0 amide bonds. The molecular formula is C10H20IN. The highest BCUT2D eigenvalue weighted by atomic mass is 127. The maximum absolute atomic E-state index is 3.98. The predicted octanol–water partition coefficient (Wildman–Crippen LogP) is 3.49. The molecule has 1 atom stereocenters. The van der Waals surface area contributed by atoms with Crippen molar-refractivity contribution in [1.82, 2.24) is 5.32 Å². The molecule has 1 nitrogen and oxygen atoms in total. The van der Waals surface area contributed by atoms with Crippen molar-refractivity contribution in [3.05, 3.63) is 12.3 Å². The largest absolute Gasteiger partial charge is 0.389 e. The molecule has 0 spiro atoms. The number of halogens is 1. The number of hydrogen-bond donors (Lipinski definition) is 1. The van der Waals surface area contributed by atoms with Crippen molar-refractivity contribution in [1.29, 1.82) is 0 Å². The van der Waals surface area contributed by atoms with E-state index in [1.807, 2.05) is 0 Å². The molecule has 0 saturated heterocycles. The summed E-state index contributed by atoms with van der Waals surface area (Å²) in [5.41, 5.74) is 1.20. The molecule has 0 fully saturated rings. The molecule has 2 heteroatoms. The van der Waals surface area contributed by atoms with Gasteiger partial charge in [0.15, 0.2) is 0 Å². The van der Waals surface area contributed by atoms with E-state index < -0.39 is 0 Å². The molecule has 0 aliphatic rings. The first-order valence-corrected chi connectivity index (χ1v) is 5.97. The normalized spacial score (nSPS) is 12.6. The standard InChI is InChI=1S/C10H20IN/c1-4-5-6-10(3)12-8-7-9(2)11/h9,12H,3-8H2,1-2H3. The number of rotatable bonds is 7. The fourth-order valence-electron chi connectivity index (χ4n) is 0.926. The van der Waals surface area contributed by atoms with Gasteiger partial charge in [-0.3, -0.25) is 0 Å². The molecule has 0 heterocycles. The zero-order valence-corrected chi connectivity index (χ0v) is 10.4. The topological polar surface area (TPSA) is 12.0 Å². The molecule has 0 aliphatic carbocycles. The van der Waals surface area contributed by atoms with Crippen LogP contribution in [0.5, 0.6) is 0 Å². The lowest BCUT2D eigenvalue weighted by molar-refractivity contribution is 0.676. The van der Waals surface area contributed by atoms with Crippen molar-refractivity contribution >= 4 is 22.6 Å². The van der Waals surface area contributed by atoms with Crippen LogP contribution in [0.3, 0.4) is 0 Å². The second-order valence-corrected chi connectivity index (χ2v) is 5.33. The van der Waals surface area contributed by atoms with Gasteiger partial charge in [0.05, 0.1) is 0 Å². The third-order valence-electron chi connectivity index (χ3n) is 1.75. The Hall–Kier alpha value is 0.270. The molecule has 0 rings (SSSR count). The van der Waals surface area contributed by atoms with Crippen LogP contribution in [0, 0.1) is 0 Å². The maximum atomic E-state index is 3.98. The first kappa shape index (κ1) is 12.3. The molecule has 0 aliphatic heterocycles. The van der Waals surface area contributed by atoms with E-state index in [2.05, 4.69) is 48.3 Å². The third kappa shape index (κ3) is 8.37. The summed E-state index contributed by atoms with van der Waals surface area (Å²) in [5, 5.41) is 3.35.